The first-order valence-corrected chi connectivity index (χ1v) is 8.24. The average Bonchev–Trinajstić information content (AvgIpc) is 2.56. The van der Waals surface area contributed by atoms with E-state index in [1.54, 1.807) is 18.4 Å². The summed E-state index contributed by atoms with van der Waals surface area (Å²) in [5, 5.41) is 12.9. The first-order valence-electron chi connectivity index (χ1n) is 7.86. The molecule has 2 aliphatic heterocycles. The monoisotopic (exact) mass is 332 g/mol. The first kappa shape index (κ1) is 16.2. The topological polar surface area (TPSA) is 52.6 Å². The molecule has 1 saturated heterocycles. The lowest BCUT2D eigenvalue weighted by molar-refractivity contribution is -0.106. The number of rotatable bonds is 4. The summed E-state index contributed by atoms with van der Waals surface area (Å²) in [6, 6.07) is 10.0. The molecule has 4 nitrogen and oxygen atoms in total. The third kappa shape index (κ3) is 3.34. The van der Waals surface area contributed by atoms with Gasteiger partial charge in [-0.05, 0) is 36.8 Å². The smallest absolute Gasteiger partial charge is 0.198 e. The lowest BCUT2D eigenvalue weighted by atomic mass is 9.85. The Bertz CT molecular complexity index is 621. The van der Waals surface area contributed by atoms with Gasteiger partial charge in [0.15, 0.2) is 11.4 Å². The van der Waals surface area contributed by atoms with Crippen LogP contribution in [0.4, 0.5) is 0 Å². The normalized spacial score (nSPS) is 27.1. The maximum Gasteiger partial charge on any atom is 0.198 e. The number of halogens is 1. The van der Waals surface area contributed by atoms with E-state index in [4.69, 9.17) is 11.6 Å². The molecule has 0 bridgehead atoms. The lowest BCUT2D eigenvalue weighted by Gasteiger charge is -2.46. The zero-order valence-electron chi connectivity index (χ0n) is 12.9. The average molecular weight is 333 g/mol. The van der Waals surface area contributed by atoms with Gasteiger partial charge in [0.1, 0.15) is 0 Å². The Hall–Kier alpha value is -1.62. The van der Waals surface area contributed by atoms with E-state index in [2.05, 4.69) is 5.32 Å². The van der Waals surface area contributed by atoms with Crippen molar-refractivity contribution in [3.8, 4) is 0 Å². The summed E-state index contributed by atoms with van der Waals surface area (Å²) in [4.78, 5) is 13.3. The highest BCUT2D eigenvalue weighted by molar-refractivity contribution is 6.27. The third-order valence-electron chi connectivity index (χ3n) is 4.66. The minimum Gasteiger partial charge on any atom is -0.389 e. The SMILES string of the molecule is O=CC1=CC=CNC1(Cl)N1CCC(O)(Cc2ccccc2)CC1. The summed E-state index contributed by atoms with van der Waals surface area (Å²) in [5.74, 6) is 0. The van der Waals surface area contributed by atoms with E-state index in [9.17, 15) is 9.90 Å². The molecule has 0 radical (unpaired) electrons. The van der Waals surface area contributed by atoms with Gasteiger partial charge in [0, 0.05) is 25.1 Å². The van der Waals surface area contributed by atoms with E-state index in [0.29, 0.717) is 37.9 Å². The van der Waals surface area contributed by atoms with Crippen molar-refractivity contribution in [2.45, 2.75) is 30.0 Å². The Labute approximate surface area is 141 Å². The van der Waals surface area contributed by atoms with E-state index >= 15 is 0 Å². The highest BCUT2D eigenvalue weighted by Gasteiger charge is 2.43. The van der Waals surface area contributed by atoms with Crippen LogP contribution in [0.2, 0.25) is 0 Å². The van der Waals surface area contributed by atoms with Gasteiger partial charge in [0.25, 0.3) is 0 Å². The van der Waals surface area contributed by atoms with Crippen LogP contribution in [0.1, 0.15) is 18.4 Å². The van der Waals surface area contributed by atoms with Gasteiger partial charge in [-0.25, -0.2) is 0 Å². The number of nitrogens with zero attached hydrogens (tertiary/aromatic N) is 1. The second-order valence-corrected chi connectivity index (χ2v) is 6.79. The molecule has 0 spiro atoms. The Morgan fingerprint density at radius 1 is 1.26 bits per heavy atom. The summed E-state index contributed by atoms with van der Waals surface area (Å²) >= 11 is 6.66. The number of nitrogens with one attached hydrogen (secondary N) is 1. The van der Waals surface area contributed by atoms with Crippen molar-refractivity contribution < 1.29 is 9.90 Å². The van der Waals surface area contributed by atoms with Gasteiger partial charge in [-0.1, -0.05) is 41.9 Å². The number of aliphatic hydroxyl groups is 1. The number of dihydropyridines is 1. The number of alkyl halides is 1. The number of benzene rings is 1. The number of piperidine rings is 1. The molecule has 1 aromatic carbocycles. The van der Waals surface area contributed by atoms with Crippen molar-refractivity contribution in [1.29, 1.82) is 0 Å². The van der Waals surface area contributed by atoms with E-state index in [0.717, 1.165) is 11.8 Å². The van der Waals surface area contributed by atoms with E-state index in [1.807, 2.05) is 35.2 Å². The van der Waals surface area contributed by atoms with Crippen molar-refractivity contribution in [3.05, 3.63) is 59.8 Å². The Morgan fingerprint density at radius 2 is 1.96 bits per heavy atom. The quantitative estimate of drug-likeness (QED) is 0.504. The number of carbonyl (C=O) groups is 1. The van der Waals surface area contributed by atoms with Crippen LogP contribution in [-0.4, -0.2) is 40.1 Å². The van der Waals surface area contributed by atoms with Gasteiger partial charge in [-0.15, -0.1) is 0 Å². The van der Waals surface area contributed by atoms with Crippen molar-refractivity contribution in [3.63, 3.8) is 0 Å². The van der Waals surface area contributed by atoms with Gasteiger partial charge >= 0.3 is 0 Å². The van der Waals surface area contributed by atoms with Gasteiger partial charge in [0.05, 0.1) is 5.60 Å². The fraction of sp³-hybridized carbons (Fsp3) is 0.389. The van der Waals surface area contributed by atoms with Gasteiger partial charge in [0.2, 0.25) is 0 Å². The fourth-order valence-corrected chi connectivity index (χ4v) is 3.62. The van der Waals surface area contributed by atoms with Crippen LogP contribution in [0, 0.1) is 0 Å². The number of carbonyl (C=O) groups excluding carboxylic acids is 1. The van der Waals surface area contributed by atoms with Crippen molar-refractivity contribution >= 4 is 17.9 Å². The molecule has 0 amide bonds. The zero-order valence-corrected chi connectivity index (χ0v) is 13.7. The molecule has 1 unspecified atom stereocenters. The molecule has 0 saturated carbocycles. The maximum absolute atomic E-state index is 11.3. The Morgan fingerprint density at radius 3 is 2.61 bits per heavy atom. The highest BCUT2D eigenvalue weighted by atomic mass is 35.5. The molecule has 1 aromatic rings. The molecule has 2 heterocycles. The maximum atomic E-state index is 11.3. The third-order valence-corrected chi connectivity index (χ3v) is 5.23. The predicted octanol–water partition coefficient (Wildman–Crippen LogP) is 2.19. The molecule has 1 atom stereocenters. The number of hydrogen-bond donors (Lipinski definition) is 2. The molecule has 0 aliphatic carbocycles. The Kier molecular flexibility index (Phi) is 4.57. The minimum atomic E-state index is -1.01. The number of aldehydes is 1. The summed E-state index contributed by atoms with van der Waals surface area (Å²) in [5.41, 5.74) is 0.909. The van der Waals surface area contributed by atoms with Gasteiger partial charge in [-0.2, -0.15) is 0 Å². The fourth-order valence-electron chi connectivity index (χ4n) is 3.28. The molecule has 1 fully saturated rings. The Balaban J connectivity index is 1.67. The van der Waals surface area contributed by atoms with E-state index in [1.165, 1.54) is 0 Å². The molecule has 0 aromatic heterocycles. The number of hydrogen-bond acceptors (Lipinski definition) is 4. The number of allylic oxidation sites excluding steroid dienone is 2. The second kappa shape index (κ2) is 6.48. The van der Waals surface area contributed by atoms with Crippen molar-refractivity contribution in [2.24, 2.45) is 0 Å². The van der Waals surface area contributed by atoms with E-state index in [-0.39, 0.29) is 0 Å². The van der Waals surface area contributed by atoms with E-state index < -0.39 is 10.7 Å². The van der Waals surface area contributed by atoms with Gasteiger partial charge in [-0.3, -0.25) is 9.69 Å². The summed E-state index contributed by atoms with van der Waals surface area (Å²) in [6.07, 6.45) is 7.89. The minimum absolute atomic E-state index is 0.496. The molecule has 122 valence electrons. The van der Waals surface area contributed by atoms with Crippen molar-refractivity contribution in [2.75, 3.05) is 13.1 Å². The van der Waals surface area contributed by atoms with Crippen LogP contribution < -0.4 is 5.32 Å². The first-order chi connectivity index (χ1) is 11.1. The van der Waals surface area contributed by atoms with Gasteiger partial charge < -0.3 is 10.4 Å². The van der Waals surface area contributed by atoms with Crippen LogP contribution in [0.3, 0.4) is 0 Å². The summed E-state index contributed by atoms with van der Waals surface area (Å²) < 4.78 is 0. The van der Waals surface area contributed by atoms with Crippen LogP contribution >= 0.6 is 11.6 Å². The largest absolute Gasteiger partial charge is 0.389 e. The predicted molar refractivity (Wildman–Crippen MR) is 90.9 cm³/mol. The molecular formula is C18H21ClN2O2. The summed E-state index contributed by atoms with van der Waals surface area (Å²) in [6.45, 7) is 1.25. The molecule has 3 rings (SSSR count). The standard InChI is InChI=1S/C18H21ClN2O2/c19-18(16(14-22)7-4-10-20-18)21-11-8-17(23,9-12-21)13-15-5-2-1-3-6-15/h1-7,10,14,20,23H,8-9,11-13H2. The highest BCUT2D eigenvalue weighted by Crippen LogP contribution is 2.34. The van der Waals surface area contributed by atoms with Crippen molar-refractivity contribution in [1.82, 2.24) is 10.2 Å². The molecule has 5 heteroatoms. The van der Waals surface area contributed by atoms with Crippen LogP contribution in [-0.2, 0) is 11.2 Å². The van der Waals surface area contributed by atoms with Crippen LogP contribution in [0.15, 0.2) is 54.3 Å². The van der Waals surface area contributed by atoms with Crippen LogP contribution in [0.25, 0.3) is 0 Å². The number of likely N-dealkylation sites (tertiary alicyclic amines) is 1. The molecule has 2 N–H and O–H groups in total. The van der Waals surface area contributed by atoms with Crippen LogP contribution in [0.5, 0.6) is 0 Å². The lowest BCUT2D eigenvalue weighted by Crippen LogP contribution is -2.60. The zero-order chi connectivity index (χ0) is 16.3. The molecule has 2 aliphatic rings. The molecule has 23 heavy (non-hydrogen) atoms. The second-order valence-electron chi connectivity index (χ2n) is 6.24. The summed E-state index contributed by atoms with van der Waals surface area (Å²) in [7, 11) is 0. The molecular weight excluding hydrogens is 312 g/mol.